The SMILES string of the molecule is O=c1[nH]c2c(Cl)cccc2n1C1CCCCS1. The number of nitrogens with zero attached hydrogens (tertiary/aromatic N) is 1. The van der Waals surface area contributed by atoms with E-state index in [0.29, 0.717) is 5.02 Å². The Morgan fingerprint density at radius 3 is 3.06 bits per heavy atom. The molecule has 0 radical (unpaired) electrons. The summed E-state index contributed by atoms with van der Waals surface area (Å²) in [6.07, 6.45) is 3.50. The number of aromatic amines is 1. The number of rotatable bonds is 1. The van der Waals surface area contributed by atoms with Crippen LogP contribution in [0.1, 0.15) is 24.6 Å². The van der Waals surface area contributed by atoms with Gasteiger partial charge in [-0.3, -0.25) is 4.57 Å². The van der Waals surface area contributed by atoms with Gasteiger partial charge in [-0.25, -0.2) is 4.79 Å². The molecule has 2 aromatic rings. The number of fused-ring (bicyclic) bond motifs is 1. The molecular weight excluding hydrogens is 256 g/mol. The highest BCUT2D eigenvalue weighted by molar-refractivity contribution is 7.99. The summed E-state index contributed by atoms with van der Waals surface area (Å²) in [6.45, 7) is 0. The van der Waals surface area contributed by atoms with Gasteiger partial charge in [0, 0.05) is 0 Å². The Balaban J connectivity index is 2.18. The van der Waals surface area contributed by atoms with E-state index in [9.17, 15) is 4.79 Å². The molecular formula is C12H13ClN2OS. The zero-order chi connectivity index (χ0) is 11.8. The van der Waals surface area contributed by atoms with Crippen molar-refractivity contribution in [3.8, 4) is 0 Å². The normalized spacial score (nSPS) is 20.9. The first-order chi connectivity index (χ1) is 8.27. The van der Waals surface area contributed by atoms with Gasteiger partial charge in [-0.1, -0.05) is 17.7 Å². The van der Waals surface area contributed by atoms with Gasteiger partial charge in [0.1, 0.15) is 0 Å². The molecule has 3 rings (SSSR count). The average molecular weight is 269 g/mol. The molecule has 1 aliphatic heterocycles. The molecule has 1 saturated heterocycles. The largest absolute Gasteiger partial charge is 0.327 e. The third-order valence-corrected chi connectivity index (χ3v) is 4.82. The summed E-state index contributed by atoms with van der Waals surface area (Å²) in [5.41, 5.74) is 1.62. The first-order valence-electron chi connectivity index (χ1n) is 5.78. The van der Waals surface area contributed by atoms with Gasteiger partial charge in [-0.15, -0.1) is 11.8 Å². The lowest BCUT2D eigenvalue weighted by Crippen LogP contribution is -2.22. The molecule has 1 unspecified atom stereocenters. The molecule has 5 heteroatoms. The van der Waals surface area contributed by atoms with E-state index < -0.39 is 0 Å². The molecule has 3 nitrogen and oxygen atoms in total. The third kappa shape index (κ3) is 1.89. The molecule has 0 bridgehead atoms. The quantitative estimate of drug-likeness (QED) is 0.861. The summed E-state index contributed by atoms with van der Waals surface area (Å²) < 4.78 is 1.85. The highest BCUT2D eigenvalue weighted by Gasteiger charge is 2.20. The van der Waals surface area contributed by atoms with Gasteiger partial charge in [0.2, 0.25) is 0 Å². The first-order valence-corrected chi connectivity index (χ1v) is 7.20. The van der Waals surface area contributed by atoms with Crippen molar-refractivity contribution in [2.45, 2.75) is 24.6 Å². The zero-order valence-corrected chi connectivity index (χ0v) is 10.9. The molecule has 1 aliphatic rings. The standard InChI is InChI=1S/C12H13ClN2OS/c13-8-4-3-5-9-11(8)14-12(16)15(9)10-6-1-2-7-17-10/h3-5,10H,1-2,6-7H2,(H,14,16). The topological polar surface area (TPSA) is 37.8 Å². The van der Waals surface area contributed by atoms with Crippen molar-refractivity contribution in [1.82, 2.24) is 9.55 Å². The smallest absolute Gasteiger partial charge is 0.304 e. The number of aromatic nitrogens is 2. The highest BCUT2D eigenvalue weighted by atomic mass is 35.5. The van der Waals surface area contributed by atoms with Crippen LogP contribution in [0.2, 0.25) is 5.02 Å². The van der Waals surface area contributed by atoms with E-state index >= 15 is 0 Å². The molecule has 1 aromatic heterocycles. The summed E-state index contributed by atoms with van der Waals surface area (Å²) in [5, 5.41) is 0.864. The number of H-pyrrole nitrogens is 1. The number of para-hydroxylation sites is 1. The van der Waals surface area contributed by atoms with Crippen LogP contribution in [0.15, 0.2) is 23.0 Å². The lowest BCUT2D eigenvalue weighted by atomic mass is 10.2. The van der Waals surface area contributed by atoms with Gasteiger partial charge in [0.25, 0.3) is 0 Å². The van der Waals surface area contributed by atoms with Crippen LogP contribution >= 0.6 is 23.4 Å². The minimum atomic E-state index is -0.0486. The molecule has 1 N–H and O–H groups in total. The second kappa shape index (κ2) is 4.42. The lowest BCUT2D eigenvalue weighted by Gasteiger charge is -2.22. The molecule has 2 heterocycles. The maximum absolute atomic E-state index is 12.0. The molecule has 0 amide bonds. The fraction of sp³-hybridized carbons (Fsp3) is 0.417. The van der Waals surface area contributed by atoms with Crippen molar-refractivity contribution in [2.24, 2.45) is 0 Å². The van der Waals surface area contributed by atoms with Crippen LogP contribution in [0.4, 0.5) is 0 Å². The fourth-order valence-electron chi connectivity index (χ4n) is 2.33. The van der Waals surface area contributed by atoms with E-state index in [-0.39, 0.29) is 11.1 Å². The number of thioether (sulfide) groups is 1. The summed E-state index contributed by atoms with van der Waals surface area (Å²) >= 11 is 7.95. The van der Waals surface area contributed by atoms with Crippen LogP contribution in [-0.2, 0) is 0 Å². The highest BCUT2D eigenvalue weighted by Crippen LogP contribution is 2.35. The van der Waals surface area contributed by atoms with Crippen LogP contribution in [0.25, 0.3) is 11.0 Å². The van der Waals surface area contributed by atoms with E-state index in [4.69, 9.17) is 11.6 Å². The molecule has 90 valence electrons. The first kappa shape index (κ1) is 11.2. The molecule has 17 heavy (non-hydrogen) atoms. The molecule has 0 spiro atoms. The lowest BCUT2D eigenvalue weighted by molar-refractivity contribution is 0.568. The number of hydrogen-bond acceptors (Lipinski definition) is 2. The summed E-state index contributed by atoms with van der Waals surface area (Å²) in [6, 6.07) is 5.65. The van der Waals surface area contributed by atoms with Gasteiger partial charge in [0.15, 0.2) is 0 Å². The molecule has 0 aliphatic carbocycles. The van der Waals surface area contributed by atoms with E-state index in [0.717, 1.165) is 23.2 Å². The van der Waals surface area contributed by atoms with Crippen molar-refractivity contribution >= 4 is 34.4 Å². The Kier molecular flexibility index (Phi) is 2.92. The van der Waals surface area contributed by atoms with E-state index in [2.05, 4.69) is 4.98 Å². The van der Waals surface area contributed by atoms with Gasteiger partial charge in [-0.2, -0.15) is 0 Å². The molecule has 0 saturated carbocycles. The van der Waals surface area contributed by atoms with E-state index in [1.165, 1.54) is 12.8 Å². The van der Waals surface area contributed by atoms with Crippen LogP contribution in [0, 0.1) is 0 Å². The number of benzene rings is 1. The minimum Gasteiger partial charge on any atom is -0.304 e. The molecule has 1 fully saturated rings. The Hall–Kier alpha value is -0.870. The van der Waals surface area contributed by atoms with Crippen molar-refractivity contribution in [3.05, 3.63) is 33.7 Å². The second-order valence-corrected chi connectivity index (χ2v) is 5.95. The summed E-state index contributed by atoms with van der Waals surface area (Å²) in [5.74, 6) is 1.13. The van der Waals surface area contributed by atoms with Gasteiger partial charge < -0.3 is 4.98 Å². The maximum Gasteiger partial charge on any atom is 0.327 e. The third-order valence-electron chi connectivity index (χ3n) is 3.15. The van der Waals surface area contributed by atoms with Crippen LogP contribution < -0.4 is 5.69 Å². The van der Waals surface area contributed by atoms with Gasteiger partial charge in [0.05, 0.1) is 21.4 Å². The monoisotopic (exact) mass is 268 g/mol. The van der Waals surface area contributed by atoms with Crippen molar-refractivity contribution in [2.75, 3.05) is 5.75 Å². The Morgan fingerprint density at radius 1 is 1.41 bits per heavy atom. The Bertz CT molecular complexity index is 598. The maximum atomic E-state index is 12.0. The van der Waals surface area contributed by atoms with Crippen LogP contribution in [0.3, 0.4) is 0 Å². The van der Waals surface area contributed by atoms with Crippen molar-refractivity contribution in [1.29, 1.82) is 0 Å². The molecule has 1 aromatic carbocycles. The second-order valence-electron chi connectivity index (χ2n) is 4.26. The predicted octanol–water partition coefficient (Wildman–Crippen LogP) is 3.40. The number of nitrogens with one attached hydrogen (secondary N) is 1. The van der Waals surface area contributed by atoms with Crippen LogP contribution in [0.5, 0.6) is 0 Å². The zero-order valence-electron chi connectivity index (χ0n) is 9.28. The molecule has 1 atom stereocenters. The van der Waals surface area contributed by atoms with Gasteiger partial charge in [-0.05, 0) is 37.1 Å². The van der Waals surface area contributed by atoms with Crippen LogP contribution in [-0.4, -0.2) is 15.3 Å². The van der Waals surface area contributed by atoms with Crippen molar-refractivity contribution in [3.63, 3.8) is 0 Å². The predicted molar refractivity (Wildman–Crippen MR) is 72.9 cm³/mol. The Morgan fingerprint density at radius 2 is 2.29 bits per heavy atom. The minimum absolute atomic E-state index is 0.0486. The average Bonchev–Trinajstić information content (AvgIpc) is 2.68. The summed E-state index contributed by atoms with van der Waals surface area (Å²) in [7, 11) is 0. The van der Waals surface area contributed by atoms with E-state index in [1.807, 2.05) is 28.5 Å². The van der Waals surface area contributed by atoms with Gasteiger partial charge >= 0.3 is 5.69 Å². The number of hydrogen-bond donors (Lipinski definition) is 1. The van der Waals surface area contributed by atoms with E-state index in [1.54, 1.807) is 6.07 Å². The number of imidazole rings is 1. The summed E-state index contributed by atoms with van der Waals surface area (Å²) in [4.78, 5) is 14.9. The van der Waals surface area contributed by atoms with Crippen molar-refractivity contribution < 1.29 is 0 Å². The Labute approximate surface area is 108 Å². The fourth-order valence-corrected chi connectivity index (χ4v) is 3.88. The number of halogens is 1.